The molecule has 0 bridgehead atoms. The van der Waals surface area contributed by atoms with Crippen molar-refractivity contribution < 1.29 is 14.3 Å². The van der Waals surface area contributed by atoms with Crippen molar-refractivity contribution >= 4 is 28.5 Å². The monoisotopic (exact) mass is 446 g/mol. The SMILES string of the molecule is CN/C(=C(\C=N)NC(=O)c1nc(-c2ccccc2F)sc1N)N1CCC[C@@](C)(O)CC1. The van der Waals surface area contributed by atoms with Gasteiger partial charge in [-0.2, -0.15) is 0 Å². The fourth-order valence-corrected chi connectivity index (χ4v) is 4.40. The number of nitrogen functional groups attached to an aromatic ring is 1. The van der Waals surface area contributed by atoms with Crippen LogP contribution in [-0.2, 0) is 0 Å². The molecule has 0 unspecified atom stereocenters. The van der Waals surface area contributed by atoms with Gasteiger partial charge in [-0.15, -0.1) is 0 Å². The Morgan fingerprint density at radius 1 is 1.39 bits per heavy atom. The number of likely N-dealkylation sites (tertiary alicyclic amines) is 1. The van der Waals surface area contributed by atoms with E-state index in [1.54, 1.807) is 25.2 Å². The predicted octanol–water partition coefficient (Wildman–Crippen LogP) is 2.54. The van der Waals surface area contributed by atoms with Gasteiger partial charge >= 0.3 is 0 Å². The molecule has 1 fully saturated rings. The number of halogens is 1. The van der Waals surface area contributed by atoms with Gasteiger partial charge in [-0.05, 0) is 38.3 Å². The molecule has 166 valence electrons. The van der Waals surface area contributed by atoms with E-state index in [1.807, 2.05) is 11.8 Å². The first-order chi connectivity index (χ1) is 14.8. The lowest BCUT2D eigenvalue weighted by atomic mass is 9.98. The fourth-order valence-electron chi connectivity index (χ4n) is 3.54. The summed E-state index contributed by atoms with van der Waals surface area (Å²) in [5.41, 5.74) is 5.77. The number of hydrogen-bond acceptors (Lipinski definition) is 8. The maximum atomic E-state index is 14.1. The molecule has 0 radical (unpaired) electrons. The van der Waals surface area contributed by atoms with Gasteiger partial charge in [0, 0.05) is 31.9 Å². The lowest BCUT2D eigenvalue weighted by molar-refractivity contribution is 0.0454. The Morgan fingerprint density at radius 2 is 2.13 bits per heavy atom. The summed E-state index contributed by atoms with van der Waals surface area (Å²) in [5.74, 6) is -0.452. The number of aliphatic hydroxyl groups is 1. The Morgan fingerprint density at radius 3 is 2.81 bits per heavy atom. The highest BCUT2D eigenvalue weighted by atomic mass is 32.1. The molecule has 3 rings (SSSR count). The van der Waals surface area contributed by atoms with Crippen LogP contribution in [0.5, 0.6) is 0 Å². The van der Waals surface area contributed by atoms with Crippen LogP contribution < -0.4 is 16.4 Å². The van der Waals surface area contributed by atoms with Crippen molar-refractivity contribution in [3.05, 3.63) is 47.3 Å². The minimum Gasteiger partial charge on any atom is -0.390 e. The molecular weight excluding hydrogens is 419 g/mol. The van der Waals surface area contributed by atoms with Crippen molar-refractivity contribution in [1.29, 1.82) is 5.41 Å². The number of nitrogens with two attached hydrogens (primary N) is 1. The molecule has 0 spiro atoms. The summed E-state index contributed by atoms with van der Waals surface area (Å²) in [6, 6.07) is 6.15. The van der Waals surface area contributed by atoms with E-state index >= 15 is 0 Å². The van der Waals surface area contributed by atoms with E-state index in [1.165, 1.54) is 6.07 Å². The average molecular weight is 447 g/mol. The zero-order valence-electron chi connectivity index (χ0n) is 17.5. The molecule has 10 heteroatoms. The normalized spacial score (nSPS) is 19.9. The number of anilines is 1. The zero-order chi connectivity index (χ0) is 22.6. The van der Waals surface area contributed by atoms with Crippen LogP contribution in [-0.4, -0.2) is 52.9 Å². The molecule has 2 heterocycles. The van der Waals surface area contributed by atoms with Gasteiger partial charge < -0.3 is 31.8 Å². The standard InChI is InChI=1S/C21H27FN6O2S/c1-21(30)8-5-10-28(11-9-21)18(25-2)15(12-23)26-19(29)16-17(24)31-20(27-16)13-6-3-4-7-14(13)22/h3-4,6-7,12,23,25,30H,5,8-11,24H2,1-2H3,(H,26,29)/b18-15-,23-12?/t21-/m1/s1. The quantitative estimate of drug-likeness (QED) is 0.434. The number of benzene rings is 1. The van der Waals surface area contributed by atoms with Gasteiger partial charge in [-0.25, -0.2) is 9.37 Å². The molecule has 1 saturated heterocycles. The zero-order valence-corrected chi connectivity index (χ0v) is 18.4. The molecule has 1 aromatic carbocycles. The number of aromatic nitrogens is 1. The van der Waals surface area contributed by atoms with Crippen molar-refractivity contribution in [2.24, 2.45) is 0 Å². The van der Waals surface area contributed by atoms with E-state index in [0.29, 0.717) is 36.8 Å². The Kier molecular flexibility index (Phi) is 6.91. The van der Waals surface area contributed by atoms with E-state index in [0.717, 1.165) is 24.0 Å². The molecule has 1 atom stereocenters. The van der Waals surface area contributed by atoms with Gasteiger partial charge in [0.15, 0.2) is 5.69 Å². The molecule has 6 N–H and O–H groups in total. The second kappa shape index (κ2) is 9.44. The van der Waals surface area contributed by atoms with Crippen molar-refractivity contribution in [2.75, 3.05) is 25.9 Å². The second-order valence-corrected chi connectivity index (χ2v) is 8.69. The fraction of sp³-hybridized carbons (Fsp3) is 0.381. The third kappa shape index (κ3) is 5.20. The van der Waals surface area contributed by atoms with Gasteiger partial charge in [0.1, 0.15) is 21.6 Å². The summed E-state index contributed by atoms with van der Waals surface area (Å²) in [6.07, 6.45) is 3.08. The van der Waals surface area contributed by atoms with Crippen LogP contribution in [0, 0.1) is 11.2 Å². The highest BCUT2D eigenvalue weighted by Crippen LogP contribution is 2.31. The molecule has 1 aliphatic heterocycles. The smallest absolute Gasteiger partial charge is 0.277 e. The van der Waals surface area contributed by atoms with Gasteiger partial charge in [0.25, 0.3) is 5.91 Å². The van der Waals surface area contributed by atoms with E-state index in [9.17, 15) is 14.3 Å². The first-order valence-corrected chi connectivity index (χ1v) is 10.8. The average Bonchev–Trinajstić information content (AvgIpc) is 3.03. The lowest BCUT2D eigenvalue weighted by Gasteiger charge is -2.28. The summed E-state index contributed by atoms with van der Waals surface area (Å²) in [7, 11) is 1.71. The number of thiazole rings is 1. The number of nitrogens with one attached hydrogen (secondary N) is 3. The minimum atomic E-state index is -0.736. The van der Waals surface area contributed by atoms with Crippen LogP contribution in [0.2, 0.25) is 0 Å². The van der Waals surface area contributed by atoms with Crippen LogP contribution in [0.25, 0.3) is 10.6 Å². The molecule has 1 aromatic heterocycles. The number of nitrogens with zero attached hydrogens (tertiary/aromatic N) is 2. The molecule has 0 saturated carbocycles. The van der Waals surface area contributed by atoms with Crippen LogP contribution in [0.3, 0.4) is 0 Å². The molecular formula is C21H27FN6O2S. The van der Waals surface area contributed by atoms with Crippen molar-refractivity contribution in [3.63, 3.8) is 0 Å². The van der Waals surface area contributed by atoms with Crippen LogP contribution >= 0.6 is 11.3 Å². The number of carbonyl (C=O) groups is 1. The number of hydrogen-bond donors (Lipinski definition) is 5. The first kappa shape index (κ1) is 22.7. The van der Waals surface area contributed by atoms with Crippen molar-refractivity contribution in [1.82, 2.24) is 20.5 Å². The molecule has 1 aliphatic rings. The van der Waals surface area contributed by atoms with Crippen molar-refractivity contribution in [2.45, 2.75) is 31.8 Å². The maximum Gasteiger partial charge on any atom is 0.277 e. The predicted molar refractivity (Wildman–Crippen MR) is 120 cm³/mol. The van der Waals surface area contributed by atoms with Crippen LogP contribution in [0.4, 0.5) is 9.39 Å². The highest BCUT2D eigenvalue weighted by Gasteiger charge is 2.27. The van der Waals surface area contributed by atoms with E-state index in [-0.39, 0.29) is 22.0 Å². The maximum absolute atomic E-state index is 14.1. The topological polar surface area (TPSA) is 127 Å². The Hall–Kier alpha value is -2.98. The molecule has 8 nitrogen and oxygen atoms in total. The third-order valence-electron chi connectivity index (χ3n) is 5.24. The Balaban J connectivity index is 1.85. The Bertz CT molecular complexity index is 1000. The number of allylic oxidation sites excluding steroid dienone is 1. The largest absolute Gasteiger partial charge is 0.390 e. The molecule has 31 heavy (non-hydrogen) atoms. The summed E-state index contributed by atoms with van der Waals surface area (Å²) < 4.78 is 14.1. The number of carbonyl (C=O) groups excluding carboxylic acids is 1. The van der Waals surface area contributed by atoms with Gasteiger partial charge in [-0.1, -0.05) is 23.5 Å². The van der Waals surface area contributed by atoms with E-state index < -0.39 is 17.3 Å². The van der Waals surface area contributed by atoms with Crippen LogP contribution in [0.15, 0.2) is 35.8 Å². The molecule has 1 amide bonds. The van der Waals surface area contributed by atoms with Gasteiger partial charge in [0.05, 0.1) is 11.3 Å². The lowest BCUT2D eigenvalue weighted by Crippen LogP contribution is -2.37. The second-order valence-electron chi connectivity index (χ2n) is 7.66. The molecule has 2 aromatic rings. The van der Waals surface area contributed by atoms with E-state index in [2.05, 4.69) is 15.6 Å². The Labute approximate surface area is 184 Å². The summed E-state index contributed by atoms with van der Waals surface area (Å²) >= 11 is 1.03. The number of rotatable bonds is 6. The minimum absolute atomic E-state index is 0.0168. The van der Waals surface area contributed by atoms with Crippen LogP contribution in [0.1, 0.15) is 36.7 Å². The third-order valence-corrected chi connectivity index (χ3v) is 6.15. The molecule has 0 aliphatic carbocycles. The number of amides is 1. The summed E-state index contributed by atoms with van der Waals surface area (Å²) in [6.45, 7) is 3.07. The van der Waals surface area contributed by atoms with Crippen molar-refractivity contribution in [3.8, 4) is 10.6 Å². The van der Waals surface area contributed by atoms with Gasteiger partial charge in [-0.3, -0.25) is 4.79 Å². The summed E-state index contributed by atoms with van der Waals surface area (Å²) in [5, 5.41) is 24.4. The van der Waals surface area contributed by atoms with E-state index in [4.69, 9.17) is 11.1 Å². The highest BCUT2D eigenvalue weighted by molar-refractivity contribution is 7.19. The summed E-state index contributed by atoms with van der Waals surface area (Å²) in [4.78, 5) is 19.1. The first-order valence-electron chi connectivity index (χ1n) is 9.98. The van der Waals surface area contributed by atoms with Gasteiger partial charge in [0.2, 0.25) is 0 Å².